The van der Waals surface area contributed by atoms with Gasteiger partial charge in [0.2, 0.25) is 5.82 Å². The smallest absolute Gasteiger partial charge is 0.291 e. The van der Waals surface area contributed by atoms with Gasteiger partial charge >= 0.3 is 0 Å². The van der Waals surface area contributed by atoms with Crippen molar-refractivity contribution >= 4 is 5.91 Å². The maximum atomic E-state index is 12.3. The zero-order valence-corrected chi connectivity index (χ0v) is 11.3. The molecule has 1 saturated carbocycles. The van der Waals surface area contributed by atoms with Crippen molar-refractivity contribution in [1.82, 2.24) is 19.7 Å². The van der Waals surface area contributed by atoms with Crippen LogP contribution in [-0.4, -0.2) is 38.7 Å². The molecule has 2 unspecified atom stereocenters. The van der Waals surface area contributed by atoms with Gasteiger partial charge in [-0.15, -0.1) is 0 Å². The molecule has 2 aromatic rings. The van der Waals surface area contributed by atoms with Gasteiger partial charge in [0, 0.05) is 20.1 Å². The fourth-order valence-electron chi connectivity index (χ4n) is 3.49. The first-order valence-corrected chi connectivity index (χ1v) is 6.94. The quantitative estimate of drug-likeness (QED) is 0.825. The van der Waals surface area contributed by atoms with Gasteiger partial charge in [-0.05, 0) is 23.3 Å². The molecule has 3 atom stereocenters. The van der Waals surface area contributed by atoms with E-state index in [-0.39, 0.29) is 5.91 Å². The third-order valence-electron chi connectivity index (χ3n) is 4.57. The maximum Gasteiger partial charge on any atom is 0.291 e. The normalized spacial score (nSPS) is 27.4. The van der Waals surface area contributed by atoms with Gasteiger partial charge in [-0.2, -0.15) is 5.10 Å². The number of carbonyl (C=O) groups excluding carboxylic acids is 1. The lowest BCUT2D eigenvalue weighted by atomic mass is 10.1. The van der Waals surface area contributed by atoms with Crippen molar-refractivity contribution in [2.45, 2.75) is 5.92 Å². The van der Waals surface area contributed by atoms with E-state index in [1.807, 2.05) is 11.0 Å². The monoisotopic (exact) mass is 268 g/mol. The molecule has 5 heteroatoms. The van der Waals surface area contributed by atoms with Gasteiger partial charge in [0.05, 0.1) is 0 Å². The Labute approximate surface area is 117 Å². The molecule has 2 fully saturated rings. The number of fused-ring (bicyclic) bond motifs is 1. The zero-order valence-electron chi connectivity index (χ0n) is 11.3. The molecule has 5 nitrogen and oxygen atoms in total. The van der Waals surface area contributed by atoms with Crippen molar-refractivity contribution in [3.63, 3.8) is 0 Å². The standard InChI is InChI=1S/C15H16N4O/c1-18-14(16-9-17-18)15(20)19-7-11-12(8-19)13(11)10-5-3-2-4-6-10/h2-6,9,11-13H,7-8H2,1H3/t11-,12?,13?/m0/s1. The summed E-state index contributed by atoms with van der Waals surface area (Å²) < 4.78 is 1.54. The van der Waals surface area contributed by atoms with Crippen molar-refractivity contribution in [1.29, 1.82) is 0 Å². The number of likely N-dealkylation sites (tertiary alicyclic amines) is 1. The Morgan fingerprint density at radius 2 is 1.90 bits per heavy atom. The highest BCUT2D eigenvalue weighted by molar-refractivity contribution is 5.91. The Morgan fingerprint density at radius 1 is 1.20 bits per heavy atom. The number of aromatic nitrogens is 3. The minimum atomic E-state index is 0.00371. The molecule has 0 spiro atoms. The molecule has 20 heavy (non-hydrogen) atoms. The highest BCUT2D eigenvalue weighted by atomic mass is 16.2. The molecular weight excluding hydrogens is 252 g/mol. The van der Waals surface area contributed by atoms with E-state index in [4.69, 9.17) is 0 Å². The van der Waals surface area contributed by atoms with Crippen LogP contribution in [0.25, 0.3) is 0 Å². The summed E-state index contributed by atoms with van der Waals surface area (Å²) in [6.07, 6.45) is 1.43. The van der Waals surface area contributed by atoms with E-state index in [1.54, 1.807) is 11.7 Å². The van der Waals surface area contributed by atoms with Crippen LogP contribution in [0, 0.1) is 11.8 Å². The maximum absolute atomic E-state index is 12.3. The summed E-state index contributed by atoms with van der Waals surface area (Å²) in [7, 11) is 1.75. The van der Waals surface area contributed by atoms with Crippen molar-refractivity contribution in [2.75, 3.05) is 13.1 Å². The van der Waals surface area contributed by atoms with Crippen LogP contribution in [0.1, 0.15) is 22.1 Å². The number of aryl methyl sites for hydroxylation is 1. The highest BCUT2D eigenvalue weighted by Crippen LogP contribution is 2.58. The summed E-state index contributed by atoms with van der Waals surface area (Å²) in [5.41, 5.74) is 1.41. The first-order chi connectivity index (χ1) is 9.75. The highest BCUT2D eigenvalue weighted by Gasteiger charge is 2.57. The van der Waals surface area contributed by atoms with Crippen LogP contribution in [-0.2, 0) is 7.05 Å². The summed E-state index contributed by atoms with van der Waals surface area (Å²) in [5, 5.41) is 3.96. The number of hydrogen-bond donors (Lipinski definition) is 0. The number of rotatable bonds is 2. The summed E-state index contributed by atoms with van der Waals surface area (Å²) in [6.45, 7) is 1.69. The van der Waals surface area contributed by atoms with Crippen LogP contribution in [0.5, 0.6) is 0 Å². The SMILES string of the molecule is Cn1ncnc1C(=O)N1CC2C(c3ccccc3)[C@H]2C1. The van der Waals surface area contributed by atoms with Crippen LogP contribution in [0.3, 0.4) is 0 Å². The van der Waals surface area contributed by atoms with Gasteiger partial charge < -0.3 is 4.90 Å². The number of carbonyl (C=O) groups is 1. The van der Waals surface area contributed by atoms with Crippen LogP contribution < -0.4 is 0 Å². The first kappa shape index (κ1) is 11.6. The molecule has 1 aliphatic heterocycles. The van der Waals surface area contributed by atoms with Gasteiger partial charge in [-0.3, -0.25) is 4.79 Å². The van der Waals surface area contributed by atoms with Gasteiger partial charge in [-0.1, -0.05) is 30.3 Å². The zero-order chi connectivity index (χ0) is 13.7. The van der Waals surface area contributed by atoms with E-state index < -0.39 is 0 Å². The molecule has 1 aromatic carbocycles. The molecule has 102 valence electrons. The van der Waals surface area contributed by atoms with E-state index >= 15 is 0 Å². The van der Waals surface area contributed by atoms with Crippen LogP contribution in [0.15, 0.2) is 36.7 Å². The van der Waals surface area contributed by atoms with Gasteiger partial charge in [-0.25, -0.2) is 9.67 Å². The third-order valence-corrected chi connectivity index (χ3v) is 4.57. The first-order valence-electron chi connectivity index (χ1n) is 6.94. The van der Waals surface area contributed by atoms with E-state index in [9.17, 15) is 4.79 Å². The molecule has 1 saturated heterocycles. The molecule has 0 bridgehead atoms. The van der Waals surface area contributed by atoms with Gasteiger partial charge in [0.25, 0.3) is 5.91 Å². The Kier molecular flexibility index (Phi) is 2.42. The molecule has 0 N–H and O–H groups in total. The molecule has 4 rings (SSSR count). The van der Waals surface area contributed by atoms with Crippen LogP contribution in [0.4, 0.5) is 0 Å². The van der Waals surface area contributed by atoms with Crippen molar-refractivity contribution < 1.29 is 4.79 Å². The molecule has 0 radical (unpaired) electrons. The molecule has 2 heterocycles. The fraction of sp³-hybridized carbons (Fsp3) is 0.400. The number of amides is 1. The van der Waals surface area contributed by atoms with Crippen molar-refractivity contribution in [3.8, 4) is 0 Å². The lowest BCUT2D eigenvalue weighted by Gasteiger charge is -2.19. The Balaban J connectivity index is 1.46. The average molecular weight is 268 g/mol. The molecule has 2 aliphatic rings. The minimum absolute atomic E-state index is 0.00371. The molecular formula is C15H16N4O. The minimum Gasteiger partial charge on any atom is -0.335 e. The number of nitrogens with zero attached hydrogens (tertiary/aromatic N) is 4. The summed E-state index contributed by atoms with van der Waals surface area (Å²) in [5.74, 6) is 2.32. The van der Waals surface area contributed by atoms with Crippen LogP contribution in [0.2, 0.25) is 0 Å². The largest absolute Gasteiger partial charge is 0.335 e. The number of hydrogen-bond acceptors (Lipinski definition) is 3. The second-order valence-electron chi connectivity index (χ2n) is 5.68. The Bertz CT molecular complexity index is 639. The second kappa shape index (κ2) is 4.16. The van der Waals surface area contributed by atoms with E-state index in [0.29, 0.717) is 23.6 Å². The molecule has 1 amide bonds. The van der Waals surface area contributed by atoms with E-state index in [1.165, 1.54) is 11.9 Å². The summed E-state index contributed by atoms with van der Waals surface area (Å²) >= 11 is 0. The predicted molar refractivity (Wildman–Crippen MR) is 73.1 cm³/mol. The van der Waals surface area contributed by atoms with Crippen molar-refractivity contribution in [3.05, 3.63) is 48.0 Å². The predicted octanol–water partition coefficient (Wildman–Crippen LogP) is 1.30. The third kappa shape index (κ3) is 1.66. The molecule has 1 aliphatic carbocycles. The Morgan fingerprint density at radius 3 is 2.50 bits per heavy atom. The average Bonchev–Trinajstić information content (AvgIpc) is 2.81. The topological polar surface area (TPSA) is 51.0 Å². The van der Waals surface area contributed by atoms with E-state index in [2.05, 4.69) is 34.3 Å². The lowest BCUT2D eigenvalue weighted by Crippen LogP contribution is -2.33. The van der Waals surface area contributed by atoms with Crippen LogP contribution >= 0.6 is 0 Å². The molecule has 1 aromatic heterocycles. The Hall–Kier alpha value is -2.17. The van der Waals surface area contributed by atoms with Gasteiger partial charge in [0.15, 0.2) is 0 Å². The number of benzene rings is 1. The fourth-order valence-corrected chi connectivity index (χ4v) is 3.49. The lowest BCUT2D eigenvalue weighted by molar-refractivity contribution is 0.0755. The second-order valence-corrected chi connectivity index (χ2v) is 5.68. The summed E-state index contributed by atoms with van der Waals surface area (Å²) in [6, 6.07) is 10.6. The van der Waals surface area contributed by atoms with E-state index in [0.717, 1.165) is 13.1 Å². The summed E-state index contributed by atoms with van der Waals surface area (Å²) in [4.78, 5) is 18.3. The van der Waals surface area contributed by atoms with Gasteiger partial charge in [0.1, 0.15) is 6.33 Å². The number of piperidine rings is 1. The van der Waals surface area contributed by atoms with Crippen molar-refractivity contribution in [2.24, 2.45) is 18.9 Å².